The van der Waals surface area contributed by atoms with Crippen LogP contribution in [0.25, 0.3) is 0 Å². The van der Waals surface area contributed by atoms with E-state index < -0.39 is 5.97 Å². The van der Waals surface area contributed by atoms with E-state index in [2.05, 4.69) is 29.4 Å². The second kappa shape index (κ2) is 11.7. The largest absolute Gasteiger partial charge is 0.462 e. The Morgan fingerprint density at radius 3 is 2.56 bits per heavy atom. The lowest BCUT2D eigenvalue weighted by Crippen LogP contribution is -2.18. The maximum absolute atomic E-state index is 13.2. The minimum atomic E-state index is -0.472. The Morgan fingerprint density at radius 2 is 1.81 bits per heavy atom. The van der Waals surface area contributed by atoms with Gasteiger partial charge in [-0.2, -0.15) is 0 Å². The fourth-order valence-electron chi connectivity index (χ4n) is 3.02. The van der Waals surface area contributed by atoms with Crippen LogP contribution < -0.4 is 10.6 Å². The topological polar surface area (TPSA) is 67.4 Å². The molecular weight excluding hydrogens is 420 g/mol. The average Bonchev–Trinajstić information content (AvgIpc) is 3.32. The molecule has 0 unspecified atom stereocenters. The summed E-state index contributed by atoms with van der Waals surface area (Å²) in [5, 5.41) is 8.18. The van der Waals surface area contributed by atoms with E-state index in [1.807, 2.05) is 29.6 Å². The van der Waals surface area contributed by atoms with Gasteiger partial charge in [-0.1, -0.05) is 43.4 Å². The van der Waals surface area contributed by atoms with Crippen molar-refractivity contribution in [2.24, 2.45) is 0 Å². The Kier molecular flexibility index (Phi) is 8.47. The highest BCUT2D eigenvalue weighted by atomic mass is 32.1. The first-order chi connectivity index (χ1) is 15.6. The van der Waals surface area contributed by atoms with Crippen molar-refractivity contribution in [1.29, 1.82) is 0 Å². The third-order valence-electron chi connectivity index (χ3n) is 4.63. The van der Waals surface area contributed by atoms with Crippen molar-refractivity contribution < 1.29 is 14.3 Å². The van der Waals surface area contributed by atoms with E-state index in [-0.39, 0.29) is 12.5 Å². The Morgan fingerprint density at radius 1 is 0.969 bits per heavy atom. The van der Waals surface area contributed by atoms with Crippen LogP contribution in [0, 0.1) is 11.8 Å². The number of esters is 1. The number of thiophene rings is 1. The summed E-state index contributed by atoms with van der Waals surface area (Å²) in [5.41, 5.74) is 2.66. The summed E-state index contributed by atoms with van der Waals surface area (Å²) >= 11 is 1.57. The lowest BCUT2D eigenvalue weighted by Gasteiger charge is -2.14. The van der Waals surface area contributed by atoms with Crippen molar-refractivity contribution in [2.45, 2.75) is 26.7 Å². The number of ether oxygens (including phenoxy) is 1. The molecule has 0 spiro atoms. The van der Waals surface area contributed by atoms with E-state index in [1.165, 1.54) is 0 Å². The molecule has 0 saturated carbocycles. The summed E-state index contributed by atoms with van der Waals surface area (Å²) in [6.45, 7) is 4.88. The number of nitrogens with one attached hydrogen (secondary N) is 2. The van der Waals surface area contributed by atoms with Crippen LogP contribution in [0.15, 0.2) is 60.0 Å². The number of carbonyl (C=O) groups excluding carboxylic acids is 2. The molecule has 1 amide bonds. The van der Waals surface area contributed by atoms with Gasteiger partial charge in [0, 0.05) is 17.8 Å². The highest BCUT2D eigenvalue weighted by Gasteiger charge is 2.17. The first-order valence-electron chi connectivity index (χ1n) is 10.6. The van der Waals surface area contributed by atoms with E-state index in [1.54, 1.807) is 48.6 Å². The van der Waals surface area contributed by atoms with E-state index in [0.29, 0.717) is 16.8 Å². The van der Waals surface area contributed by atoms with Crippen molar-refractivity contribution in [2.75, 3.05) is 23.8 Å². The smallest absolute Gasteiger partial charge is 0.340 e. The molecule has 0 aliphatic heterocycles. The van der Waals surface area contributed by atoms with Crippen LogP contribution in [-0.2, 0) is 4.74 Å². The second-order valence-electron chi connectivity index (χ2n) is 6.99. The van der Waals surface area contributed by atoms with Crippen molar-refractivity contribution in [3.63, 3.8) is 0 Å². The van der Waals surface area contributed by atoms with Crippen LogP contribution in [0.5, 0.6) is 0 Å². The maximum Gasteiger partial charge on any atom is 0.340 e. The number of hydrogen-bond acceptors (Lipinski definition) is 5. The van der Waals surface area contributed by atoms with E-state index in [0.717, 1.165) is 35.5 Å². The van der Waals surface area contributed by atoms with Crippen molar-refractivity contribution >= 4 is 34.6 Å². The number of rotatable bonds is 8. The van der Waals surface area contributed by atoms with Crippen LogP contribution in [0.1, 0.15) is 57.8 Å². The van der Waals surface area contributed by atoms with E-state index >= 15 is 0 Å². The van der Waals surface area contributed by atoms with Crippen LogP contribution in [0.4, 0.5) is 11.4 Å². The SMILES string of the molecule is CCCCNc1ccc(C#Cc2cccs2)cc1C(=O)Nc1ccccc1C(=O)OCC. The van der Waals surface area contributed by atoms with Gasteiger partial charge in [0.2, 0.25) is 0 Å². The molecule has 0 bridgehead atoms. The van der Waals surface area contributed by atoms with Gasteiger partial charge in [-0.3, -0.25) is 4.79 Å². The van der Waals surface area contributed by atoms with Gasteiger partial charge in [-0.05, 0) is 55.1 Å². The first kappa shape index (κ1) is 23.1. The van der Waals surface area contributed by atoms with Gasteiger partial charge in [0.05, 0.1) is 28.3 Å². The molecule has 164 valence electrons. The molecule has 0 atom stereocenters. The second-order valence-corrected chi connectivity index (χ2v) is 7.94. The molecule has 0 aliphatic rings. The van der Waals surface area contributed by atoms with Crippen LogP contribution in [-0.4, -0.2) is 25.0 Å². The molecule has 1 heterocycles. The molecule has 1 aromatic heterocycles. The summed E-state index contributed by atoms with van der Waals surface area (Å²) in [4.78, 5) is 26.5. The highest BCUT2D eigenvalue weighted by molar-refractivity contribution is 7.10. The molecule has 0 aliphatic carbocycles. The van der Waals surface area contributed by atoms with Gasteiger partial charge in [-0.15, -0.1) is 11.3 Å². The zero-order valence-corrected chi connectivity index (χ0v) is 19.1. The third kappa shape index (κ3) is 6.22. The predicted octanol–water partition coefficient (Wildman–Crippen LogP) is 5.79. The Bertz CT molecular complexity index is 1130. The number of anilines is 2. The number of hydrogen-bond donors (Lipinski definition) is 2. The lowest BCUT2D eigenvalue weighted by molar-refractivity contribution is 0.0527. The molecule has 32 heavy (non-hydrogen) atoms. The normalized spacial score (nSPS) is 10.1. The molecule has 6 heteroatoms. The summed E-state index contributed by atoms with van der Waals surface area (Å²) in [6.07, 6.45) is 2.04. The first-order valence-corrected chi connectivity index (χ1v) is 11.5. The van der Waals surface area contributed by atoms with Gasteiger partial charge < -0.3 is 15.4 Å². The highest BCUT2D eigenvalue weighted by Crippen LogP contribution is 2.22. The van der Waals surface area contributed by atoms with E-state index in [4.69, 9.17) is 4.74 Å². The zero-order valence-electron chi connectivity index (χ0n) is 18.2. The Labute approximate surface area is 192 Å². The number of unbranched alkanes of at least 4 members (excludes halogenated alkanes) is 1. The van der Waals surface area contributed by atoms with Crippen LogP contribution in [0.3, 0.4) is 0 Å². The van der Waals surface area contributed by atoms with Crippen molar-refractivity contribution in [3.8, 4) is 11.8 Å². The lowest BCUT2D eigenvalue weighted by atomic mass is 10.1. The van der Waals surface area contributed by atoms with E-state index in [9.17, 15) is 9.59 Å². The standard InChI is InChI=1S/C26H26N2O3S/c1-3-5-16-27-23-15-13-19(12-14-20-9-8-17-32-20)18-22(23)25(29)28-24-11-7-6-10-21(24)26(30)31-4-2/h6-11,13,15,17-18,27H,3-5,16H2,1-2H3,(H,28,29). The summed E-state index contributed by atoms with van der Waals surface area (Å²) < 4.78 is 5.11. The number of carbonyl (C=O) groups is 2. The zero-order chi connectivity index (χ0) is 22.8. The molecule has 2 aromatic carbocycles. The molecular formula is C26H26N2O3S. The molecule has 5 nitrogen and oxygen atoms in total. The van der Waals surface area contributed by atoms with Gasteiger partial charge >= 0.3 is 5.97 Å². The molecule has 0 saturated heterocycles. The molecule has 0 radical (unpaired) electrons. The Hall–Kier alpha value is -3.56. The molecule has 0 fully saturated rings. The van der Waals surface area contributed by atoms with Gasteiger partial charge in [0.15, 0.2) is 0 Å². The third-order valence-corrected chi connectivity index (χ3v) is 5.42. The van der Waals surface area contributed by atoms with Gasteiger partial charge in [0.1, 0.15) is 0 Å². The van der Waals surface area contributed by atoms with Gasteiger partial charge in [-0.25, -0.2) is 4.79 Å². The summed E-state index contributed by atoms with van der Waals surface area (Å²) in [7, 11) is 0. The monoisotopic (exact) mass is 446 g/mol. The predicted molar refractivity (Wildman–Crippen MR) is 130 cm³/mol. The summed E-state index contributed by atoms with van der Waals surface area (Å²) in [6, 6.07) is 16.3. The fourth-order valence-corrected chi connectivity index (χ4v) is 3.59. The average molecular weight is 447 g/mol. The molecule has 3 aromatic rings. The van der Waals surface area contributed by atoms with Crippen LogP contribution in [0.2, 0.25) is 0 Å². The van der Waals surface area contributed by atoms with Crippen LogP contribution >= 0.6 is 11.3 Å². The number of para-hydroxylation sites is 1. The quantitative estimate of drug-likeness (QED) is 0.261. The maximum atomic E-state index is 13.2. The van der Waals surface area contributed by atoms with Gasteiger partial charge in [0.25, 0.3) is 5.91 Å². The summed E-state index contributed by atoms with van der Waals surface area (Å²) in [5.74, 6) is 5.46. The number of amides is 1. The molecule has 2 N–H and O–H groups in total. The minimum Gasteiger partial charge on any atom is -0.462 e. The van der Waals surface area contributed by atoms with Crippen molar-refractivity contribution in [3.05, 3.63) is 81.5 Å². The number of benzene rings is 2. The fraction of sp³-hybridized carbons (Fsp3) is 0.231. The Balaban J connectivity index is 1.90. The molecule has 3 rings (SSSR count). The minimum absolute atomic E-state index is 0.261. The van der Waals surface area contributed by atoms with Crippen molar-refractivity contribution in [1.82, 2.24) is 0 Å².